The lowest BCUT2D eigenvalue weighted by atomic mass is 9.98. The second kappa shape index (κ2) is 7.97. The van der Waals surface area contributed by atoms with Crippen molar-refractivity contribution in [3.63, 3.8) is 0 Å². The van der Waals surface area contributed by atoms with Crippen molar-refractivity contribution in [3.8, 4) is 11.5 Å². The molecular weight excluding hydrogens is 452 g/mol. The van der Waals surface area contributed by atoms with E-state index in [1.807, 2.05) is 6.08 Å². The molecule has 0 amide bonds. The zero-order chi connectivity index (χ0) is 25.3. The van der Waals surface area contributed by atoms with Gasteiger partial charge >= 0.3 is 0 Å². The SMILES string of the molecule is C=Cc1cc2c(ccc3cc(-c4cc5ccc6cc7cc(C)ccc7cc6c5o4)oc32)cc1C=C(C)C. The van der Waals surface area contributed by atoms with Crippen molar-refractivity contribution in [3.05, 3.63) is 108 Å². The molecule has 0 aliphatic heterocycles. The van der Waals surface area contributed by atoms with Crippen molar-refractivity contribution in [2.45, 2.75) is 20.8 Å². The maximum atomic E-state index is 6.47. The largest absolute Gasteiger partial charge is 0.452 e. The van der Waals surface area contributed by atoms with E-state index >= 15 is 0 Å². The van der Waals surface area contributed by atoms with Gasteiger partial charge in [-0.3, -0.25) is 0 Å². The number of aryl methyl sites for hydroxylation is 1. The van der Waals surface area contributed by atoms with Gasteiger partial charge in [0.1, 0.15) is 11.2 Å². The summed E-state index contributed by atoms with van der Waals surface area (Å²) in [6.07, 6.45) is 4.10. The topological polar surface area (TPSA) is 26.3 Å². The quantitative estimate of drug-likeness (QED) is 0.236. The van der Waals surface area contributed by atoms with Crippen molar-refractivity contribution in [2.75, 3.05) is 0 Å². The third-order valence-corrected chi connectivity index (χ3v) is 7.22. The zero-order valence-electron chi connectivity index (χ0n) is 21.2. The molecule has 0 saturated carbocycles. The van der Waals surface area contributed by atoms with Crippen LogP contribution in [-0.2, 0) is 0 Å². The summed E-state index contributed by atoms with van der Waals surface area (Å²) in [6.45, 7) is 10.4. The fourth-order valence-corrected chi connectivity index (χ4v) is 5.45. The minimum Gasteiger partial charge on any atom is -0.452 e. The Bertz CT molecular complexity index is 2070. The summed E-state index contributed by atoms with van der Waals surface area (Å²) in [4.78, 5) is 0. The van der Waals surface area contributed by atoms with E-state index in [9.17, 15) is 0 Å². The molecule has 178 valence electrons. The van der Waals surface area contributed by atoms with Crippen molar-refractivity contribution >= 4 is 66.4 Å². The van der Waals surface area contributed by atoms with Crippen LogP contribution in [-0.4, -0.2) is 0 Å². The van der Waals surface area contributed by atoms with Crippen LogP contribution in [0.3, 0.4) is 0 Å². The van der Waals surface area contributed by atoms with Crippen LogP contribution in [0.5, 0.6) is 0 Å². The van der Waals surface area contributed by atoms with E-state index in [-0.39, 0.29) is 0 Å². The van der Waals surface area contributed by atoms with E-state index in [4.69, 9.17) is 8.83 Å². The summed E-state index contributed by atoms with van der Waals surface area (Å²) in [6, 6.07) is 28.1. The van der Waals surface area contributed by atoms with Crippen LogP contribution in [0.4, 0.5) is 0 Å². The van der Waals surface area contributed by atoms with Gasteiger partial charge in [-0.15, -0.1) is 0 Å². The number of hydrogen-bond donors (Lipinski definition) is 0. The monoisotopic (exact) mass is 478 g/mol. The Morgan fingerprint density at radius 2 is 1.19 bits per heavy atom. The van der Waals surface area contributed by atoms with Crippen LogP contribution < -0.4 is 0 Å². The second-order valence-electron chi connectivity index (χ2n) is 10.2. The maximum Gasteiger partial charge on any atom is 0.170 e. The molecule has 0 spiro atoms. The number of furan rings is 2. The summed E-state index contributed by atoms with van der Waals surface area (Å²) >= 11 is 0. The van der Waals surface area contributed by atoms with E-state index in [1.54, 1.807) is 0 Å². The molecule has 0 aliphatic carbocycles. The first-order valence-corrected chi connectivity index (χ1v) is 12.6. The van der Waals surface area contributed by atoms with E-state index < -0.39 is 0 Å². The lowest BCUT2D eigenvalue weighted by Crippen LogP contribution is -1.84. The molecule has 2 heteroatoms. The summed E-state index contributed by atoms with van der Waals surface area (Å²) in [5.74, 6) is 1.47. The van der Waals surface area contributed by atoms with Crippen LogP contribution in [0, 0.1) is 6.92 Å². The van der Waals surface area contributed by atoms with Crippen LogP contribution in [0.1, 0.15) is 30.5 Å². The molecule has 7 rings (SSSR count). The highest BCUT2D eigenvalue weighted by molar-refractivity contribution is 6.11. The van der Waals surface area contributed by atoms with Gasteiger partial charge < -0.3 is 8.83 Å². The molecule has 2 aromatic heterocycles. The van der Waals surface area contributed by atoms with Gasteiger partial charge in [0.15, 0.2) is 11.5 Å². The Balaban J connectivity index is 1.41. The van der Waals surface area contributed by atoms with Gasteiger partial charge in [0.2, 0.25) is 0 Å². The molecule has 5 aromatic carbocycles. The van der Waals surface area contributed by atoms with Crippen molar-refractivity contribution in [1.82, 2.24) is 0 Å². The van der Waals surface area contributed by atoms with Gasteiger partial charge in [0.05, 0.1) is 0 Å². The number of rotatable bonds is 3. The molecule has 0 radical (unpaired) electrons. The molecule has 0 atom stereocenters. The molecule has 0 bridgehead atoms. The summed E-state index contributed by atoms with van der Waals surface area (Å²) in [5.41, 5.74) is 6.53. The lowest BCUT2D eigenvalue weighted by molar-refractivity contribution is 0.572. The molecule has 0 aliphatic rings. The molecule has 2 nitrogen and oxygen atoms in total. The van der Waals surface area contributed by atoms with Crippen LogP contribution in [0.15, 0.2) is 99.8 Å². The average Bonchev–Trinajstić information content (AvgIpc) is 3.51. The van der Waals surface area contributed by atoms with E-state index in [1.165, 1.54) is 32.9 Å². The summed E-state index contributed by atoms with van der Waals surface area (Å²) < 4.78 is 12.9. The van der Waals surface area contributed by atoms with Crippen LogP contribution in [0.25, 0.3) is 77.9 Å². The van der Waals surface area contributed by atoms with Gasteiger partial charge in [0.25, 0.3) is 0 Å². The van der Waals surface area contributed by atoms with Crippen molar-refractivity contribution < 1.29 is 8.83 Å². The minimum atomic E-state index is 0.733. The Labute approximate surface area is 215 Å². The highest BCUT2D eigenvalue weighted by Crippen LogP contribution is 2.39. The van der Waals surface area contributed by atoms with Gasteiger partial charge in [0, 0.05) is 21.5 Å². The van der Waals surface area contributed by atoms with Gasteiger partial charge in [-0.25, -0.2) is 0 Å². The van der Waals surface area contributed by atoms with Gasteiger partial charge in [-0.1, -0.05) is 72.3 Å². The van der Waals surface area contributed by atoms with Crippen molar-refractivity contribution in [2.24, 2.45) is 0 Å². The first kappa shape index (κ1) is 21.7. The maximum absolute atomic E-state index is 6.47. The molecule has 0 N–H and O–H groups in total. The van der Waals surface area contributed by atoms with E-state index in [0.29, 0.717) is 0 Å². The molecule has 2 heterocycles. The molecular formula is C35H26O2. The van der Waals surface area contributed by atoms with Crippen LogP contribution in [0.2, 0.25) is 0 Å². The Morgan fingerprint density at radius 3 is 1.84 bits per heavy atom. The average molecular weight is 479 g/mol. The Morgan fingerprint density at radius 1 is 0.595 bits per heavy atom. The fraction of sp³-hybridized carbons (Fsp3) is 0.0857. The molecule has 7 aromatic rings. The highest BCUT2D eigenvalue weighted by Gasteiger charge is 2.16. The minimum absolute atomic E-state index is 0.733. The fourth-order valence-electron chi connectivity index (χ4n) is 5.45. The third-order valence-electron chi connectivity index (χ3n) is 7.22. The van der Waals surface area contributed by atoms with Gasteiger partial charge in [-0.2, -0.15) is 0 Å². The Hall–Kier alpha value is -4.56. The number of allylic oxidation sites excluding steroid dienone is 1. The molecule has 0 fully saturated rings. The number of hydrogen-bond acceptors (Lipinski definition) is 2. The lowest BCUT2D eigenvalue weighted by Gasteiger charge is -2.06. The number of fused-ring (bicyclic) bond motifs is 7. The summed E-state index contributed by atoms with van der Waals surface area (Å²) in [5, 5.41) is 9.09. The first-order chi connectivity index (χ1) is 18.0. The normalized spacial score (nSPS) is 11.8. The predicted molar refractivity (Wildman–Crippen MR) is 158 cm³/mol. The van der Waals surface area contributed by atoms with Crippen LogP contribution >= 0.6 is 0 Å². The van der Waals surface area contributed by atoms with E-state index in [2.05, 4.69) is 112 Å². The van der Waals surface area contributed by atoms with Gasteiger partial charge in [-0.05, 0) is 89.8 Å². The zero-order valence-corrected chi connectivity index (χ0v) is 21.2. The molecule has 0 unspecified atom stereocenters. The smallest absolute Gasteiger partial charge is 0.170 e. The molecule has 0 saturated heterocycles. The summed E-state index contributed by atoms with van der Waals surface area (Å²) in [7, 11) is 0. The predicted octanol–water partition coefficient (Wildman–Crippen LogP) is 10.7. The van der Waals surface area contributed by atoms with Crippen molar-refractivity contribution in [1.29, 1.82) is 0 Å². The standard InChI is InChI=1S/C35H26O2/c1-5-22-16-30-24(14-28(22)12-20(2)3)8-10-26-18-32(36-34(26)30)33-19-27-11-9-25-15-29-13-21(4)6-7-23(29)17-31(25)35(27)37-33/h5-19H,1H2,2-4H3. The third kappa shape index (κ3) is 3.48. The molecule has 37 heavy (non-hydrogen) atoms. The number of benzene rings is 5. The second-order valence-corrected chi connectivity index (χ2v) is 10.2. The Kier molecular flexibility index (Phi) is 4.68. The van der Waals surface area contributed by atoms with E-state index in [0.717, 1.165) is 55.2 Å². The first-order valence-electron chi connectivity index (χ1n) is 12.6. The highest BCUT2D eigenvalue weighted by atomic mass is 16.4.